The number of hydrogen-bond donors (Lipinski definition) is 3. The van der Waals surface area contributed by atoms with Crippen LogP contribution < -0.4 is 14.9 Å². The van der Waals surface area contributed by atoms with E-state index in [9.17, 15) is 32.0 Å². The molecule has 5 aliphatic heterocycles. The zero-order valence-corrected chi connectivity index (χ0v) is 34.7. The molecule has 1 unspecified atom stereocenters. The number of ketones is 1. The molecule has 0 radical (unpaired) electrons. The zero-order chi connectivity index (χ0) is 43.8. The Labute approximate surface area is 359 Å². The number of benzene rings is 2. The fraction of sp³-hybridized carbons (Fsp3) is 0.364. The lowest BCUT2D eigenvalue weighted by Crippen LogP contribution is -2.72. The van der Waals surface area contributed by atoms with E-state index in [1.165, 1.54) is 6.20 Å². The molecule has 0 aliphatic carbocycles. The van der Waals surface area contributed by atoms with E-state index in [1.807, 2.05) is 29.0 Å². The summed E-state index contributed by atoms with van der Waals surface area (Å²) in [5.74, 6) is -3.64. The van der Waals surface area contributed by atoms with Crippen LogP contribution in [0.2, 0.25) is 0 Å². The first-order chi connectivity index (χ1) is 30.2. The first-order valence-electron chi connectivity index (χ1n) is 20.9. The second kappa shape index (κ2) is 15.6. The van der Waals surface area contributed by atoms with Crippen molar-refractivity contribution in [3.63, 3.8) is 0 Å². The Kier molecular flexibility index (Phi) is 10.1. The summed E-state index contributed by atoms with van der Waals surface area (Å²) >= 11 is 0. The van der Waals surface area contributed by atoms with Gasteiger partial charge in [0.05, 0.1) is 11.3 Å². The van der Waals surface area contributed by atoms with Crippen LogP contribution in [0.1, 0.15) is 63.1 Å². The highest BCUT2D eigenvalue weighted by atomic mass is 32.2. The number of H-pyrrole nitrogens is 1. The molecule has 63 heavy (non-hydrogen) atoms. The predicted octanol–water partition coefficient (Wildman–Crippen LogP) is 4.35. The molecule has 8 heterocycles. The minimum Gasteiger partial charge on any atom is -0.355 e. The monoisotopic (exact) mass is 881 g/mol. The van der Waals surface area contributed by atoms with Crippen LogP contribution in [0.15, 0.2) is 67.1 Å². The second-order valence-electron chi connectivity index (χ2n) is 17.3. The topological polar surface area (TPSA) is 181 Å². The summed E-state index contributed by atoms with van der Waals surface area (Å²) in [6, 6.07) is 12.5. The van der Waals surface area contributed by atoms with E-state index in [0.29, 0.717) is 40.7 Å². The SMILES string of the molecule is O=C1CCC(N2Cc3cc(CCCN4CC5(C4)CN(c4ccc(-c6cnc7[nH]cc(C(=O)c8c(F)ccc(NS(=O)(=O)N9CC[C@@H](F)C9)c8F)c7c6)cn4)C5)ccc3C2=O)C(=O)N1. The summed E-state index contributed by atoms with van der Waals surface area (Å²) in [5, 5.41) is 2.65. The fourth-order valence-electron chi connectivity index (χ4n) is 9.65. The Morgan fingerprint density at radius 3 is 2.51 bits per heavy atom. The van der Waals surface area contributed by atoms with Crippen LogP contribution in [-0.4, -0.2) is 119 Å². The van der Waals surface area contributed by atoms with E-state index in [0.717, 1.165) is 78.9 Å². The maximum atomic E-state index is 15.7. The first-order valence-corrected chi connectivity index (χ1v) is 22.3. The van der Waals surface area contributed by atoms with E-state index >= 15 is 8.78 Å². The second-order valence-corrected chi connectivity index (χ2v) is 18.9. The standard InChI is InChI=1S/C44H42F3N9O6S/c45-29-11-13-55(20-29)63(61,62)52-34-7-6-33(46)38(39(34)47)40(58)32-18-50-41-31(32)15-27(17-49-41)26-4-9-36(48-16-26)54-23-44(24-54)21-53(22-44)12-1-2-25-3-5-30-28(14-25)19-56(43(30)60)35-8-10-37(57)51-42(35)59/h3-7,9,14-18,29,35,52H,1-2,8,10-13,19-24H2,(H,49,50)(H,51,57,59)/t29-,35?/m1/s1. The van der Waals surface area contributed by atoms with Crippen molar-refractivity contribution in [2.75, 3.05) is 55.4 Å². The minimum atomic E-state index is -4.36. The van der Waals surface area contributed by atoms with Crippen LogP contribution in [0, 0.1) is 17.0 Å². The molecule has 15 nitrogen and oxygen atoms in total. The Morgan fingerprint density at radius 1 is 0.952 bits per heavy atom. The highest BCUT2D eigenvalue weighted by Crippen LogP contribution is 2.42. The molecule has 19 heteroatoms. The third kappa shape index (κ3) is 7.50. The van der Waals surface area contributed by atoms with Crippen molar-refractivity contribution in [3.05, 3.63) is 107 Å². The van der Waals surface area contributed by atoms with Gasteiger partial charge in [0.2, 0.25) is 17.6 Å². The number of aromatic amines is 1. The molecule has 10 rings (SSSR count). The van der Waals surface area contributed by atoms with Gasteiger partial charge in [0.1, 0.15) is 29.5 Å². The molecule has 2 atom stereocenters. The Balaban J connectivity index is 0.729. The molecular weight excluding hydrogens is 840 g/mol. The molecule has 4 fully saturated rings. The highest BCUT2D eigenvalue weighted by molar-refractivity contribution is 7.90. The maximum Gasteiger partial charge on any atom is 0.301 e. The van der Waals surface area contributed by atoms with E-state index in [-0.39, 0.29) is 42.2 Å². The van der Waals surface area contributed by atoms with Gasteiger partial charge in [-0.25, -0.2) is 23.1 Å². The molecule has 3 aromatic heterocycles. The quantitative estimate of drug-likeness (QED) is 0.121. The Bertz CT molecular complexity index is 2830. The van der Waals surface area contributed by atoms with Crippen molar-refractivity contribution >= 4 is 56.3 Å². The predicted molar refractivity (Wildman–Crippen MR) is 225 cm³/mol. The van der Waals surface area contributed by atoms with Crippen molar-refractivity contribution < 1.29 is 40.8 Å². The summed E-state index contributed by atoms with van der Waals surface area (Å²) in [5.41, 5.74) is 2.89. The number of aromatic nitrogens is 3. The number of halogens is 3. The van der Waals surface area contributed by atoms with E-state index in [2.05, 4.69) is 31.2 Å². The Morgan fingerprint density at radius 2 is 1.76 bits per heavy atom. The van der Waals surface area contributed by atoms with E-state index < -0.39 is 63.5 Å². The molecule has 4 saturated heterocycles. The number of nitrogens with zero attached hydrogens (tertiary/aromatic N) is 6. The van der Waals surface area contributed by atoms with Gasteiger partial charge in [-0.05, 0) is 79.8 Å². The van der Waals surface area contributed by atoms with Crippen LogP contribution in [-0.2, 0) is 32.8 Å². The number of aryl methyl sites for hydroxylation is 1. The first kappa shape index (κ1) is 40.9. The third-order valence-electron chi connectivity index (χ3n) is 12.9. The summed E-state index contributed by atoms with van der Waals surface area (Å²) < 4.78 is 72.9. The molecule has 2 aromatic carbocycles. The number of rotatable bonds is 12. The van der Waals surface area contributed by atoms with Crippen LogP contribution in [0.25, 0.3) is 22.2 Å². The number of carbonyl (C=O) groups excluding carboxylic acids is 4. The summed E-state index contributed by atoms with van der Waals surface area (Å²) in [6.07, 6.45) is 5.67. The largest absolute Gasteiger partial charge is 0.355 e. The number of nitrogens with one attached hydrogen (secondary N) is 3. The number of likely N-dealkylation sites (tertiary alicyclic amines) is 1. The number of imide groups is 1. The number of hydrogen-bond acceptors (Lipinski definition) is 10. The molecule has 326 valence electrons. The van der Waals surface area contributed by atoms with Gasteiger partial charge in [-0.15, -0.1) is 0 Å². The van der Waals surface area contributed by atoms with Gasteiger partial charge in [-0.1, -0.05) is 12.1 Å². The number of anilines is 2. The summed E-state index contributed by atoms with van der Waals surface area (Å²) in [7, 11) is -4.36. The molecule has 5 aromatic rings. The van der Waals surface area contributed by atoms with Crippen LogP contribution in [0.5, 0.6) is 0 Å². The van der Waals surface area contributed by atoms with Gasteiger partial charge in [-0.3, -0.25) is 29.2 Å². The van der Waals surface area contributed by atoms with Crippen molar-refractivity contribution in [1.82, 2.24) is 34.4 Å². The van der Waals surface area contributed by atoms with Gasteiger partial charge in [0, 0.05) is 104 Å². The van der Waals surface area contributed by atoms with Crippen molar-refractivity contribution in [3.8, 4) is 11.1 Å². The smallest absolute Gasteiger partial charge is 0.301 e. The van der Waals surface area contributed by atoms with Crippen LogP contribution >= 0.6 is 0 Å². The maximum absolute atomic E-state index is 15.7. The molecule has 3 amide bonds. The fourth-order valence-corrected chi connectivity index (χ4v) is 10.9. The molecular formula is C44H42F3N9O6S. The lowest BCUT2D eigenvalue weighted by atomic mass is 9.72. The number of amides is 3. The van der Waals surface area contributed by atoms with Crippen LogP contribution in [0.4, 0.5) is 24.7 Å². The summed E-state index contributed by atoms with van der Waals surface area (Å²) in [4.78, 5) is 69.0. The van der Waals surface area contributed by atoms with Gasteiger partial charge >= 0.3 is 10.2 Å². The number of carbonyl (C=O) groups is 4. The van der Waals surface area contributed by atoms with E-state index in [1.54, 1.807) is 23.4 Å². The number of pyridine rings is 2. The minimum absolute atomic E-state index is 0.000504. The molecule has 0 bridgehead atoms. The lowest BCUT2D eigenvalue weighted by Gasteiger charge is -2.60. The summed E-state index contributed by atoms with van der Waals surface area (Å²) in [6.45, 7) is 4.60. The molecule has 0 saturated carbocycles. The normalized spacial score (nSPS) is 21.2. The molecule has 5 aliphatic rings. The number of piperidine rings is 1. The van der Waals surface area contributed by atoms with Crippen LogP contribution in [0.3, 0.4) is 0 Å². The van der Waals surface area contributed by atoms with Gasteiger partial charge in [0.25, 0.3) is 5.91 Å². The Hall–Kier alpha value is -6.18. The highest BCUT2D eigenvalue weighted by Gasteiger charge is 2.51. The van der Waals surface area contributed by atoms with Gasteiger partial charge in [0.15, 0.2) is 5.82 Å². The zero-order valence-electron chi connectivity index (χ0n) is 33.9. The van der Waals surface area contributed by atoms with Gasteiger partial charge < -0.3 is 19.7 Å². The van der Waals surface area contributed by atoms with Gasteiger partial charge in [-0.2, -0.15) is 12.7 Å². The van der Waals surface area contributed by atoms with Crippen molar-refractivity contribution in [1.29, 1.82) is 0 Å². The molecule has 1 spiro atoms. The third-order valence-corrected chi connectivity index (χ3v) is 14.4. The number of alkyl halides is 1. The number of fused-ring (bicyclic) bond motifs is 2. The van der Waals surface area contributed by atoms with Crippen molar-refractivity contribution in [2.45, 2.75) is 50.9 Å². The van der Waals surface area contributed by atoms with E-state index in [4.69, 9.17) is 4.98 Å². The molecule has 3 N–H and O–H groups in total. The average Bonchev–Trinajstić information content (AvgIpc) is 3.96. The lowest BCUT2D eigenvalue weighted by molar-refractivity contribution is -0.136. The average molecular weight is 882 g/mol. The van der Waals surface area contributed by atoms with Crippen molar-refractivity contribution in [2.24, 2.45) is 5.41 Å².